The Labute approximate surface area is 116 Å². The molecule has 19 heavy (non-hydrogen) atoms. The number of morpholine rings is 1. The molecule has 0 saturated carbocycles. The Kier molecular flexibility index (Phi) is 4.04. The molecule has 3 nitrogen and oxygen atoms in total. The number of nitrogens with zero attached hydrogens (tertiary/aromatic N) is 1. The molecule has 0 radical (unpaired) electrons. The molecule has 0 spiro atoms. The lowest BCUT2D eigenvalue weighted by molar-refractivity contribution is -0.0277. The highest BCUT2D eigenvalue weighted by Crippen LogP contribution is 2.34. The maximum Gasteiger partial charge on any atom is 0.142 e. The van der Waals surface area contributed by atoms with E-state index >= 15 is 0 Å². The third kappa shape index (κ3) is 3.21. The summed E-state index contributed by atoms with van der Waals surface area (Å²) in [7, 11) is 1.74. The van der Waals surface area contributed by atoms with Crippen LogP contribution in [0, 0.1) is 0 Å². The van der Waals surface area contributed by atoms with Gasteiger partial charge in [-0.05, 0) is 37.5 Å². The van der Waals surface area contributed by atoms with Crippen molar-refractivity contribution in [1.82, 2.24) is 0 Å². The summed E-state index contributed by atoms with van der Waals surface area (Å²) in [5.41, 5.74) is 2.39. The van der Waals surface area contributed by atoms with Crippen LogP contribution in [0.2, 0.25) is 0 Å². The van der Waals surface area contributed by atoms with Gasteiger partial charge in [-0.1, -0.05) is 19.9 Å². The van der Waals surface area contributed by atoms with E-state index in [0.29, 0.717) is 5.92 Å². The summed E-state index contributed by atoms with van der Waals surface area (Å²) in [6.45, 7) is 11.2. The number of rotatable bonds is 3. The lowest BCUT2D eigenvalue weighted by Gasteiger charge is -2.40. The second kappa shape index (κ2) is 5.41. The fourth-order valence-corrected chi connectivity index (χ4v) is 2.54. The highest BCUT2D eigenvalue weighted by Gasteiger charge is 2.28. The van der Waals surface area contributed by atoms with E-state index in [1.54, 1.807) is 7.11 Å². The SMILES string of the molecule is COc1cc(C(C)C)ccc1N1CCOC(C)(C)C1. The van der Waals surface area contributed by atoms with Gasteiger partial charge in [0.05, 0.1) is 25.0 Å². The summed E-state index contributed by atoms with van der Waals surface area (Å²) in [6.07, 6.45) is 0. The van der Waals surface area contributed by atoms with Crippen LogP contribution in [0.25, 0.3) is 0 Å². The Balaban J connectivity index is 2.29. The molecule has 3 heteroatoms. The average Bonchev–Trinajstić information content (AvgIpc) is 2.36. The first-order valence-electron chi connectivity index (χ1n) is 7.00. The van der Waals surface area contributed by atoms with Gasteiger partial charge in [0.1, 0.15) is 5.75 Å². The first-order chi connectivity index (χ1) is 8.93. The van der Waals surface area contributed by atoms with Crippen molar-refractivity contribution in [3.05, 3.63) is 23.8 Å². The summed E-state index contributed by atoms with van der Waals surface area (Å²) in [4.78, 5) is 2.35. The molecule has 106 valence electrons. The number of hydrogen-bond donors (Lipinski definition) is 0. The van der Waals surface area contributed by atoms with Crippen molar-refractivity contribution in [3.8, 4) is 5.75 Å². The van der Waals surface area contributed by atoms with Gasteiger partial charge in [0.15, 0.2) is 0 Å². The van der Waals surface area contributed by atoms with E-state index in [2.05, 4.69) is 50.8 Å². The van der Waals surface area contributed by atoms with Crippen molar-refractivity contribution in [2.75, 3.05) is 31.7 Å². The summed E-state index contributed by atoms with van der Waals surface area (Å²) < 4.78 is 11.3. The normalized spacial score (nSPS) is 18.7. The highest BCUT2D eigenvalue weighted by atomic mass is 16.5. The van der Waals surface area contributed by atoms with Crippen molar-refractivity contribution in [2.45, 2.75) is 39.2 Å². The largest absolute Gasteiger partial charge is 0.495 e. The van der Waals surface area contributed by atoms with E-state index in [0.717, 1.165) is 25.4 Å². The molecular formula is C16H25NO2. The van der Waals surface area contributed by atoms with Crippen molar-refractivity contribution in [3.63, 3.8) is 0 Å². The predicted octanol–water partition coefficient (Wildman–Crippen LogP) is 3.43. The molecule has 0 aromatic heterocycles. The highest BCUT2D eigenvalue weighted by molar-refractivity contribution is 5.60. The fourth-order valence-electron chi connectivity index (χ4n) is 2.54. The van der Waals surface area contributed by atoms with E-state index < -0.39 is 0 Å². The van der Waals surface area contributed by atoms with E-state index in [1.165, 1.54) is 11.3 Å². The molecular weight excluding hydrogens is 238 g/mol. The van der Waals surface area contributed by atoms with Gasteiger partial charge < -0.3 is 14.4 Å². The van der Waals surface area contributed by atoms with Crippen molar-refractivity contribution >= 4 is 5.69 Å². The number of methoxy groups -OCH3 is 1. The molecule has 0 aliphatic carbocycles. The molecule has 0 bridgehead atoms. The second-order valence-electron chi connectivity index (χ2n) is 6.12. The molecule has 1 aliphatic rings. The maximum atomic E-state index is 5.77. The average molecular weight is 263 g/mol. The second-order valence-corrected chi connectivity index (χ2v) is 6.12. The van der Waals surface area contributed by atoms with Gasteiger partial charge >= 0.3 is 0 Å². The Hall–Kier alpha value is -1.22. The molecule has 0 amide bonds. The minimum absolute atomic E-state index is 0.0972. The fraction of sp³-hybridized carbons (Fsp3) is 0.625. The van der Waals surface area contributed by atoms with E-state index in [4.69, 9.17) is 9.47 Å². The molecule has 0 atom stereocenters. The van der Waals surface area contributed by atoms with Gasteiger partial charge in [-0.3, -0.25) is 0 Å². The molecule has 2 rings (SSSR count). The van der Waals surface area contributed by atoms with E-state index in [9.17, 15) is 0 Å². The van der Waals surface area contributed by atoms with Crippen LogP contribution in [0.4, 0.5) is 5.69 Å². The van der Waals surface area contributed by atoms with Gasteiger partial charge in [0, 0.05) is 13.1 Å². The van der Waals surface area contributed by atoms with E-state index in [-0.39, 0.29) is 5.60 Å². The van der Waals surface area contributed by atoms with Crippen molar-refractivity contribution < 1.29 is 9.47 Å². The topological polar surface area (TPSA) is 21.7 Å². The van der Waals surface area contributed by atoms with Crippen molar-refractivity contribution in [1.29, 1.82) is 0 Å². The Morgan fingerprint density at radius 2 is 2.05 bits per heavy atom. The first kappa shape index (κ1) is 14.2. The maximum absolute atomic E-state index is 5.77. The Morgan fingerprint density at radius 1 is 1.32 bits per heavy atom. The van der Waals surface area contributed by atoms with Gasteiger partial charge in [-0.15, -0.1) is 0 Å². The van der Waals surface area contributed by atoms with Gasteiger partial charge in [0.25, 0.3) is 0 Å². The molecule has 1 saturated heterocycles. The van der Waals surface area contributed by atoms with Crippen LogP contribution in [0.3, 0.4) is 0 Å². The Morgan fingerprint density at radius 3 is 2.63 bits per heavy atom. The summed E-state index contributed by atoms with van der Waals surface area (Å²) >= 11 is 0. The molecule has 0 N–H and O–H groups in total. The monoisotopic (exact) mass is 263 g/mol. The summed E-state index contributed by atoms with van der Waals surface area (Å²) in [5.74, 6) is 1.48. The quantitative estimate of drug-likeness (QED) is 0.834. The van der Waals surface area contributed by atoms with Crippen LogP contribution in [0.1, 0.15) is 39.2 Å². The molecule has 1 aromatic carbocycles. The standard InChI is InChI=1S/C16H25NO2/c1-12(2)13-6-7-14(15(10-13)18-5)17-8-9-19-16(3,4)11-17/h6-7,10,12H,8-9,11H2,1-5H3. The predicted molar refractivity (Wildman–Crippen MR) is 79.3 cm³/mol. The van der Waals surface area contributed by atoms with Crippen LogP contribution < -0.4 is 9.64 Å². The molecule has 0 unspecified atom stereocenters. The molecule has 1 aromatic rings. The third-order valence-electron chi connectivity index (χ3n) is 3.64. The lowest BCUT2D eigenvalue weighted by atomic mass is 10.0. The number of anilines is 1. The van der Waals surface area contributed by atoms with Crippen LogP contribution in [-0.4, -0.2) is 32.4 Å². The minimum Gasteiger partial charge on any atom is -0.495 e. The van der Waals surface area contributed by atoms with Gasteiger partial charge in [-0.25, -0.2) is 0 Å². The smallest absolute Gasteiger partial charge is 0.142 e. The van der Waals surface area contributed by atoms with Crippen LogP contribution in [0.5, 0.6) is 5.75 Å². The summed E-state index contributed by atoms with van der Waals surface area (Å²) in [5, 5.41) is 0. The lowest BCUT2D eigenvalue weighted by Crippen LogP contribution is -2.48. The first-order valence-corrected chi connectivity index (χ1v) is 7.00. The number of benzene rings is 1. The summed E-state index contributed by atoms with van der Waals surface area (Å²) in [6, 6.07) is 6.53. The van der Waals surface area contributed by atoms with Gasteiger partial charge in [-0.2, -0.15) is 0 Å². The third-order valence-corrected chi connectivity index (χ3v) is 3.64. The zero-order valence-corrected chi connectivity index (χ0v) is 12.7. The molecule has 1 fully saturated rings. The van der Waals surface area contributed by atoms with Crippen LogP contribution >= 0.6 is 0 Å². The number of hydrogen-bond acceptors (Lipinski definition) is 3. The number of ether oxygens (including phenoxy) is 2. The molecule has 1 heterocycles. The van der Waals surface area contributed by atoms with E-state index in [1.807, 2.05) is 0 Å². The van der Waals surface area contributed by atoms with Gasteiger partial charge in [0.2, 0.25) is 0 Å². The Bertz CT molecular complexity index is 440. The zero-order chi connectivity index (χ0) is 14.0. The zero-order valence-electron chi connectivity index (χ0n) is 12.7. The van der Waals surface area contributed by atoms with Crippen molar-refractivity contribution in [2.24, 2.45) is 0 Å². The minimum atomic E-state index is -0.0972. The van der Waals surface area contributed by atoms with Crippen LogP contribution in [-0.2, 0) is 4.74 Å². The van der Waals surface area contributed by atoms with Crippen LogP contribution in [0.15, 0.2) is 18.2 Å². The molecule has 1 aliphatic heterocycles.